The van der Waals surface area contributed by atoms with Crippen molar-refractivity contribution < 1.29 is 13.2 Å². The Morgan fingerprint density at radius 3 is 2.29 bits per heavy atom. The molecule has 1 saturated heterocycles. The summed E-state index contributed by atoms with van der Waals surface area (Å²) in [5, 5.41) is 7.13. The Labute approximate surface area is 204 Å². The Kier molecular flexibility index (Phi) is 6.50. The molecule has 1 amide bonds. The van der Waals surface area contributed by atoms with Crippen molar-refractivity contribution in [2.45, 2.75) is 23.8 Å². The van der Waals surface area contributed by atoms with Gasteiger partial charge in [-0.05, 0) is 52.8 Å². The summed E-state index contributed by atoms with van der Waals surface area (Å²) in [5.41, 5.74) is 1.04. The molecule has 1 unspecified atom stereocenters. The first-order chi connectivity index (χ1) is 16.5. The SMILES string of the molecule is O=C(NC(c1ccccc1)c1cccs1)C1CCN(S(=O)(=O)c2ccc3ccccc3c2)CC1. The van der Waals surface area contributed by atoms with Gasteiger partial charge in [-0.3, -0.25) is 4.79 Å². The Hall–Kier alpha value is -3.00. The molecule has 0 spiro atoms. The number of rotatable bonds is 6. The zero-order valence-electron chi connectivity index (χ0n) is 18.6. The molecule has 5 rings (SSSR count). The minimum atomic E-state index is -3.60. The van der Waals surface area contributed by atoms with E-state index in [1.54, 1.807) is 23.5 Å². The van der Waals surface area contributed by atoms with Crippen molar-refractivity contribution in [2.24, 2.45) is 5.92 Å². The standard InChI is InChI=1S/C27H26N2O3S2/c30-27(28-26(25-11-6-18-33-25)21-8-2-1-3-9-21)22-14-16-29(17-15-22)34(31,32)24-13-12-20-7-4-5-10-23(20)19-24/h1-13,18-19,22,26H,14-17H2,(H,28,30). The average molecular weight is 491 g/mol. The highest BCUT2D eigenvalue weighted by molar-refractivity contribution is 7.89. The molecule has 1 N–H and O–H groups in total. The van der Waals surface area contributed by atoms with E-state index < -0.39 is 10.0 Å². The number of thiophene rings is 1. The van der Waals surface area contributed by atoms with Crippen LogP contribution in [0.3, 0.4) is 0 Å². The van der Waals surface area contributed by atoms with E-state index in [0.29, 0.717) is 30.8 Å². The number of hydrogen-bond acceptors (Lipinski definition) is 4. The third kappa shape index (κ3) is 4.64. The van der Waals surface area contributed by atoms with Crippen molar-refractivity contribution in [3.8, 4) is 0 Å². The molecule has 0 bridgehead atoms. The lowest BCUT2D eigenvalue weighted by Gasteiger charge is -2.31. The second kappa shape index (κ2) is 9.70. The van der Waals surface area contributed by atoms with Gasteiger partial charge in [-0.2, -0.15) is 4.31 Å². The molecule has 1 fully saturated rings. The topological polar surface area (TPSA) is 66.5 Å². The van der Waals surface area contributed by atoms with Gasteiger partial charge in [0.05, 0.1) is 10.9 Å². The smallest absolute Gasteiger partial charge is 0.243 e. The van der Waals surface area contributed by atoms with Crippen molar-refractivity contribution in [3.05, 3.63) is 101 Å². The van der Waals surface area contributed by atoms with Crippen LogP contribution in [-0.2, 0) is 14.8 Å². The number of hydrogen-bond donors (Lipinski definition) is 1. The number of carbonyl (C=O) groups is 1. The van der Waals surface area contributed by atoms with Crippen LogP contribution in [0, 0.1) is 5.92 Å². The van der Waals surface area contributed by atoms with Gasteiger partial charge in [0.2, 0.25) is 15.9 Å². The van der Waals surface area contributed by atoms with Gasteiger partial charge in [0.25, 0.3) is 0 Å². The van der Waals surface area contributed by atoms with Gasteiger partial charge in [0.1, 0.15) is 0 Å². The Morgan fingerprint density at radius 1 is 0.882 bits per heavy atom. The maximum Gasteiger partial charge on any atom is 0.243 e. The van der Waals surface area contributed by atoms with Crippen LogP contribution in [0.5, 0.6) is 0 Å². The maximum absolute atomic E-state index is 13.3. The van der Waals surface area contributed by atoms with Gasteiger partial charge in [-0.15, -0.1) is 11.3 Å². The van der Waals surface area contributed by atoms with Crippen LogP contribution in [0.1, 0.15) is 29.3 Å². The lowest BCUT2D eigenvalue weighted by Crippen LogP contribution is -2.43. The average Bonchev–Trinajstić information content (AvgIpc) is 3.42. The molecule has 4 aromatic rings. The van der Waals surface area contributed by atoms with Crippen LogP contribution in [0.15, 0.2) is 95.2 Å². The van der Waals surface area contributed by atoms with Crippen LogP contribution in [-0.4, -0.2) is 31.7 Å². The first-order valence-electron chi connectivity index (χ1n) is 11.4. The highest BCUT2D eigenvalue weighted by Crippen LogP contribution is 2.29. The lowest BCUT2D eigenvalue weighted by molar-refractivity contribution is -0.126. The number of carbonyl (C=O) groups excluding carboxylic acids is 1. The maximum atomic E-state index is 13.3. The molecule has 0 saturated carbocycles. The van der Waals surface area contributed by atoms with Crippen molar-refractivity contribution in [1.82, 2.24) is 9.62 Å². The highest BCUT2D eigenvalue weighted by Gasteiger charge is 2.33. The van der Waals surface area contributed by atoms with Gasteiger partial charge >= 0.3 is 0 Å². The number of sulfonamides is 1. The van der Waals surface area contributed by atoms with Crippen molar-refractivity contribution in [2.75, 3.05) is 13.1 Å². The predicted octanol–water partition coefficient (Wildman–Crippen LogP) is 5.21. The van der Waals surface area contributed by atoms with E-state index in [4.69, 9.17) is 0 Å². The van der Waals surface area contributed by atoms with E-state index in [9.17, 15) is 13.2 Å². The van der Waals surface area contributed by atoms with Gasteiger partial charge in [-0.1, -0.05) is 66.7 Å². The van der Waals surface area contributed by atoms with Crippen molar-refractivity contribution >= 4 is 38.0 Å². The van der Waals surface area contributed by atoms with Crippen LogP contribution >= 0.6 is 11.3 Å². The first kappa shape index (κ1) is 22.8. The molecule has 34 heavy (non-hydrogen) atoms. The van der Waals surface area contributed by atoms with Crippen LogP contribution in [0.25, 0.3) is 10.8 Å². The molecule has 0 radical (unpaired) electrons. The fraction of sp³-hybridized carbons (Fsp3) is 0.222. The number of amides is 1. The van der Waals surface area contributed by atoms with Gasteiger partial charge in [0.15, 0.2) is 0 Å². The van der Waals surface area contributed by atoms with Gasteiger partial charge in [-0.25, -0.2) is 8.42 Å². The van der Waals surface area contributed by atoms with Gasteiger partial charge < -0.3 is 5.32 Å². The predicted molar refractivity (Wildman–Crippen MR) is 136 cm³/mol. The summed E-state index contributed by atoms with van der Waals surface area (Å²) in [6.45, 7) is 0.671. The van der Waals surface area contributed by atoms with E-state index in [1.807, 2.05) is 78.2 Å². The summed E-state index contributed by atoms with van der Waals surface area (Å²) >= 11 is 1.61. The normalized spacial score (nSPS) is 16.4. The van der Waals surface area contributed by atoms with Crippen molar-refractivity contribution in [3.63, 3.8) is 0 Å². The Bertz CT molecular complexity index is 1380. The molecule has 1 aromatic heterocycles. The largest absolute Gasteiger partial charge is 0.344 e. The highest BCUT2D eigenvalue weighted by atomic mass is 32.2. The molecule has 5 nitrogen and oxygen atoms in total. The zero-order valence-corrected chi connectivity index (χ0v) is 20.3. The molecule has 1 atom stereocenters. The number of fused-ring (bicyclic) bond motifs is 1. The summed E-state index contributed by atoms with van der Waals surface area (Å²) < 4.78 is 28.0. The molecule has 7 heteroatoms. The minimum absolute atomic E-state index is 0.0231. The number of nitrogens with zero attached hydrogens (tertiary/aromatic N) is 1. The molecule has 2 heterocycles. The minimum Gasteiger partial charge on any atom is -0.344 e. The molecule has 3 aromatic carbocycles. The van der Waals surface area contributed by atoms with E-state index in [2.05, 4.69) is 5.32 Å². The fourth-order valence-electron chi connectivity index (χ4n) is 4.52. The fourth-order valence-corrected chi connectivity index (χ4v) is 6.82. The second-order valence-electron chi connectivity index (χ2n) is 8.56. The Morgan fingerprint density at radius 2 is 1.59 bits per heavy atom. The van der Waals surface area contributed by atoms with Crippen LogP contribution < -0.4 is 5.32 Å². The monoisotopic (exact) mass is 490 g/mol. The number of nitrogens with one attached hydrogen (secondary N) is 1. The van der Waals surface area contributed by atoms with E-state index in [-0.39, 0.29) is 17.9 Å². The number of piperidine rings is 1. The van der Waals surface area contributed by atoms with E-state index >= 15 is 0 Å². The summed E-state index contributed by atoms with van der Waals surface area (Å²) in [7, 11) is -3.60. The lowest BCUT2D eigenvalue weighted by atomic mass is 9.96. The summed E-state index contributed by atoms with van der Waals surface area (Å²) in [6, 6.07) is 26.7. The third-order valence-electron chi connectivity index (χ3n) is 6.43. The van der Waals surface area contributed by atoms with E-state index in [0.717, 1.165) is 21.2 Å². The summed E-state index contributed by atoms with van der Waals surface area (Å²) in [5.74, 6) is -0.237. The van der Waals surface area contributed by atoms with Gasteiger partial charge in [0, 0.05) is 23.9 Å². The molecule has 174 valence electrons. The summed E-state index contributed by atoms with van der Waals surface area (Å²) in [4.78, 5) is 14.6. The molecule has 0 aliphatic carbocycles. The Balaban J connectivity index is 1.27. The van der Waals surface area contributed by atoms with E-state index in [1.165, 1.54) is 4.31 Å². The zero-order chi connectivity index (χ0) is 23.5. The third-order valence-corrected chi connectivity index (χ3v) is 9.26. The molecular weight excluding hydrogens is 464 g/mol. The van der Waals surface area contributed by atoms with Crippen LogP contribution in [0.4, 0.5) is 0 Å². The van der Waals surface area contributed by atoms with Crippen LogP contribution in [0.2, 0.25) is 0 Å². The quantitative estimate of drug-likeness (QED) is 0.404. The first-order valence-corrected chi connectivity index (χ1v) is 13.7. The second-order valence-corrected chi connectivity index (χ2v) is 11.5. The number of benzene rings is 3. The molecule has 1 aliphatic rings. The van der Waals surface area contributed by atoms with Crippen molar-refractivity contribution in [1.29, 1.82) is 0 Å². The summed E-state index contributed by atoms with van der Waals surface area (Å²) in [6.07, 6.45) is 1.01. The molecular formula is C27H26N2O3S2. The molecule has 1 aliphatic heterocycles.